The summed E-state index contributed by atoms with van der Waals surface area (Å²) in [7, 11) is 0. The first kappa shape index (κ1) is 18.1. The average Bonchev–Trinajstić information content (AvgIpc) is 3.38. The zero-order chi connectivity index (χ0) is 20.7. The van der Waals surface area contributed by atoms with Crippen molar-refractivity contribution in [3.05, 3.63) is 94.4 Å². The van der Waals surface area contributed by atoms with Gasteiger partial charge in [0.05, 0.1) is 5.69 Å². The lowest BCUT2D eigenvalue weighted by atomic mass is 10.1. The van der Waals surface area contributed by atoms with E-state index in [0.717, 1.165) is 27.9 Å². The second kappa shape index (κ2) is 7.11. The van der Waals surface area contributed by atoms with Gasteiger partial charge in [-0.05, 0) is 31.0 Å². The van der Waals surface area contributed by atoms with Crippen LogP contribution in [-0.2, 0) is 6.54 Å². The van der Waals surface area contributed by atoms with Crippen molar-refractivity contribution in [1.29, 1.82) is 0 Å². The molecule has 3 aromatic heterocycles. The topological polar surface area (TPSA) is 78.2 Å². The Bertz CT molecular complexity index is 1430. The average molecular weight is 397 g/mol. The lowest BCUT2D eigenvalue weighted by Crippen LogP contribution is -2.21. The molecular formula is C23H19N5O2. The Kier molecular flexibility index (Phi) is 4.28. The zero-order valence-electron chi connectivity index (χ0n) is 16.6. The van der Waals surface area contributed by atoms with E-state index < -0.39 is 0 Å². The van der Waals surface area contributed by atoms with Gasteiger partial charge in [-0.25, -0.2) is 4.52 Å². The highest BCUT2D eigenvalue weighted by molar-refractivity contribution is 5.68. The molecule has 0 radical (unpaired) electrons. The van der Waals surface area contributed by atoms with Crippen molar-refractivity contribution >= 4 is 5.52 Å². The molecule has 0 atom stereocenters. The highest BCUT2D eigenvalue weighted by atomic mass is 16.5. The molecule has 7 nitrogen and oxygen atoms in total. The van der Waals surface area contributed by atoms with Crippen molar-refractivity contribution in [2.45, 2.75) is 20.4 Å². The molecule has 0 aliphatic carbocycles. The Morgan fingerprint density at radius 2 is 1.63 bits per heavy atom. The molecule has 0 spiro atoms. The van der Waals surface area contributed by atoms with Gasteiger partial charge >= 0.3 is 0 Å². The summed E-state index contributed by atoms with van der Waals surface area (Å²) in [4.78, 5) is 17.5. The van der Waals surface area contributed by atoms with E-state index in [9.17, 15) is 4.79 Å². The van der Waals surface area contributed by atoms with Crippen LogP contribution in [0.5, 0.6) is 0 Å². The molecule has 2 aromatic carbocycles. The van der Waals surface area contributed by atoms with Gasteiger partial charge in [-0.2, -0.15) is 10.1 Å². The number of rotatable bonds is 4. The van der Waals surface area contributed by atoms with Crippen LogP contribution in [0.3, 0.4) is 0 Å². The third-order valence-corrected chi connectivity index (χ3v) is 5.18. The minimum absolute atomic E-state index is 0.166. The van der Waals surface area contributed by atoms with Crippen LogP contribution in [0.15, 0.2) is 76.3 Å². The van der Waals surface area contributed by atoms with Gasteiger partial charge < -0.3 is 9.09 Å². The van der Waals surface area contributed by atoms with Crippen LogP contribution in [0.2, 0.25) is 0 Å². The summed E-state index contributed by atoms with van der Waals surface area (Å²) in [5.74, 6) is 0.891. The second-order valence-electron chi connectivity index (χ2n) is 7.23. The van der Waals surface area contributed by atoms with E-state index in [2.05, 4.69) is 15.2 Å². The second-order valence-corrected chi connectivity index (χ2v) is 7.23. The van der Waals surface area contributed by atoms with Crippen LogP contribution in [0.25, 0.3) is 28.2 Å². The molecule has 0 aliphatic rings. The van der Waals surface area contributed by atoms with Crippen LogP contribution >= 0.6 is 0 Å². The summed E-state index contributed by atoms with van der Waals surface area (Å²) in [6.07, 6.45) is 3.44. The lowest BCUT2D eigenvalue weighted by molar-refractivity contribution is 0.370. The lowest BCUT2D eigenvalue weighted by Gasteiger charge is -2.02. The molecule has 0 saturated carbocycles. The summed E-state index contributed by atoms with van der Waals surface area (Å²) >= 11 is 0. The largest absolute Gasteiger partial charge is 0.337 e. The van der Waals surface area contributed by atoms with E-state index >= 15 is 0 Å². The number of benzene rings is 2. The van der Waals surface area contributed by atoms with Gasteiger partial charge in [0.25, 0.3) is 5.56 Å². The molecule has 0 bridgehead atoms. The first-order valence-corrected chi connectivity index (χ1v) is 9.63. The van der Waals surface area contributed by atoms with Crippen LogP contribution in [0.4, 0.5) is 0 Å². The molecule has 3 heterocycles. The molecule has 148 valence electrons. The SMILES string of the molecule is Cc1ccccc1-c1cc2c(=O)n(Cc3nc(-c4ccccc4C)no3)ccn2n1. The van der Waals surface area contributed by atoms with E-state index in [4.69, 9.17) is 4.52 Å². The summed E-state index contributed by atoms with van der Waals surface area (Å²) in [5, 5.41) is 8.63. The Labute approximate surface area is 172 Å². The predicted octanol–water partition coefficient (Wildman–Crippen LogP) is 3.88. The molecule has 0 amide bonds. The number of nitrogens with zero attached hydrogens (tertiary/aromatic N) is 5. The quantitative estimate of drug-likeness (QED) is 0.460. The number of hydrogen-bond acceptors (Lipinski definition) is 5. The fraction of sp³-hybridized carbons (Fsp3) is 0.130. The van der Waals surface area contributed by atoms with Crippen LogP contribution in [0.1, 0.15) is 17.0 Å². The maximum atomic E-state index is 13.0. The molecule has 0 saturated heterocycles. The Balaban J connectivity index is 1.49. The third-order valence-electron chi connectivity index (χ3n) is 5.18. The van der Waals surface area contributed by atoms with E-state index in [0.29, 0.717) is 17.2 Å². The Morgan fingerprint density at radius 1 is 0.933 bits per heavy atom. The van der Waals surface area contributed by atoms with Gasteiger partial charge in [0, 0.05) is 23.5 Å². The molecule has 7 heteroatoms. The Hall–Kier alpha value is -4.00. The standard InChI is InChI=1S/C23H19N5O2/c1-15-7-3-5-9-17(15)19-13-20-23(29)27(11-12-28(20)25-19)14-21-24-22(26-30-21)18-10-6-4-8-16(18)2/h3-13H,14H2,1-2H3. The van der Waals surface area contributed by atoms with E-state index in [1.807, 2.05) is 68.4 Å². The van der Waals surface area contributed by atoms with Crippen molar-refractivity contribution in [2.75, 3.05) is 0 Å². The molecular weight excluding hydrogens is 378 g/mol. The van der Waals surface area contributed by atoms with Crippen LogP contribution in [-0.4, -0.2) is 24.3 Å². The van der Waals surface area contributed by atoms with Crippen molar-refractivity contribution in [3.8, 4) is 22.6 Å². The number of fused-ring (bicyclic) bond motifs is 1. The number of aryl methyl sites for hydroxylation is 2. The highest BCUT2D eigenvalue weighted by Gasteiger charge is 2.14. The summed E-state index contributed by atoms with van der Waals surface area (Å²) in [6, 6.07) is 17.6. The van der Waals surface area contributed by atoms with Gasteiger partial charge in [-0.3, -0.25) is 4.79 Å². The molecule has 0 fully saturated rings. The molecule has 5 aromatic rings. The third kappa shape index (κ3) is 3.10. The van der Waals surface area contributed by atoms with Gasteiger partial charge in [0.1, 0.15) is 12.1 Å². The molecule has 0 unspecified atom stereocenters. The maximum absolute atomic E-state index is 13.0. The van der Waals surface area contributed by atoms with Crippen molar-refractivity contribution in [1.82, 2.24) is 24.3 Å². The first-order valence-electron chi connectivity index (χ1n) is 9.63. The minimum atomic E-state index is -0.166. The highest BCUT2D eigenvalue weighted by Crippen LogP contribution is 2.22. The smallest absolute Gasteiger partial charge is 0.277 e. The fourth-order valence-electron chi connectivity index (χ4n) is 3.54. The molecule has 5 rings (SSSR count). The predicted molar refractivity (Wildman–Crippen MR) is 113 cm³/mol. The summed E-state index contributed by atoms with van der Waals surface area (Å²) in [5.41, 5.74) is 5.18. The summed E-state index contributed by atoms with van der Waals surface area (Å²) in [6.45, 7) is 4.22. The van der Waals surface area contributed by atoms with Gasteiger partial charge in [-0.1, -0.05) is 53.7 Å². The van der Waals surface area contributed by atoms with E-state index in [-0.39, 0.29) is 12.1 Å². The number of aromatic nitrogens is 5. The Morgan fingerprint density at radius 3 is 2.37 bits per heavy atom. The number of hydrogen-bond donors (Lipinski definition) is 0. The van der Waals surface area contributed by atoms with Crippen molar-refractivity contribution < 1.29 is 4.52 Å². The van der Waals surface area contributed by atoms with Gasteiger partial charge in [-0.15, -0.1) is 0 Å². The van der Waals surface area contributed by atoms with Gasteiger partial charge in [0.2, 0.25) is 11.7 Å². The first-order chi connectivity index (χ1) is 14.6. The van der Waals surface area contributed by atoms with Crippen LogP contribution < -0.4 is 5.56 Å². The van der Waals surface area contributed by atoms with E-state index in [1.54, 1.807) is 21.5 Å². The van der Waals surface area contributed by atoms with Crippen LogP contribution in [0, 0.1) is 13.8 Å². The minimum Gasteiger partial charge on any atom is -0.337 e. The fourth-order valence-corrected chi connectivity index (χ4v) is 3.54. The zero-order valence-corrected chi connectivity index (χ0v) is 16.6. The molecule has 0 N–H and O–H groups in total. The van der Waals surface area contributed by atoms with Gasteiger partial charge in [0.15, 0.2) is 0 Å². The van der Waals surface area contributed by atoms with Crippen molar-refractivity contribution in [3.63, 3.8) is 0 Å². The van der Waals surface area contributed by atoms with E-state index in [1.165, 1.54) is 0 Å². The molecule has 30 heavy (non-hydrogen) atoms. The maximum Gasteiger partial charge on any atom is 0.277 e. The van der Waals surface area contributed by atoms with Crippen molar-refractivity contribution in [2.24, 2.45) is 0 Å². The molecule has 0 aliphatic heterocycles. The monoisotopic (exact) mass is 397 g/mol. The summed E-state index contributed by atoms with van der Waals surface area (Å²) < 4.78 is 8.55. The normalized spacial score (nSPS) is 11.3.